The Hall–Kier alpha value is -0.990. The summed E-state index contributed by atoms with van der Waals surface area (Å²) in [7, 11) is 0. The van der Waals surface area contributed by atoms with E-state index in [9.17, 15) is 5.21 Å². The summed E-state index contributed by atoms with van der Waals surface area (Å²) in [6, 6.07) is 0. The van der Waals surface area contributed by atoms with Crippen LogP contribution in [0.3, 0.4) is 0 Å². The zero-order valence-corrected chi connectivity index (χ0v) is 7.13. The minimum atomic E-state index is -0.440. The molecule has 1 heterocycles. The molecular weight excluding hydrogens is 142 g/mol. The molecule has 0 saturated heterocycles. The van der Waals surface area contributed by atoms with Crippen LogP contribution in [-0.2, 0) is 4.74 Å². The fourth-order valence-electron chi connectivity index (χ4n) is 0.977. The molecule has 1 aliphatic rings. The summed E-state index contributed by atoms with van der Waals surface area (Å²) in [5.74, 6) is 0.674. The van der Waals surface area contributed by atoms with Crippen molar-refractivity contribution in [3.05, 3.63) is 17.0 Å². The van der Waals surface area contributed by atoms with Crippen LogP contribution in [0.4, 0.5) is 0 Å². The maximum Gasteiger partial charge on any atom is 0.217 e. The SMILES string of the molecule is CCOC1=CC(C)(C)[N+]([O-])=C1. The van der Waals surface area contributed by atoms with Crippen molar-refractivity contribution in [2.45, 2.75) is 26.3 Å². The van der Waals surface area contributed by atoms with Crippen LogP contribution >= 0.6 is 0 Å². The van der Waals surface area contributed by atoms with Crippen molar-refractivity contribution < 1.29 is 9.48 Å². The molecule has 62 valence electrons. The highest BCUT2D eigenvalue weighted by atomic mass is 16.5. The molecule has 0 aromatic rings. The van der Waals surface area contributed by atoms with E-state index in [1.54, 1.807) is 0 Å². The molecular formula is C8H13NO2. The van der Waals surface area contributed by atoms with Gasteiger partial charge in [-0.2, -0.15) is 4.74 Å². The second-order valence-corrected chi connectivity index (χ2v) is 3.09. The second kappa shape index (κ2) is 2.57. The van der Waals surface area contributed by atoms with Gasteiger partial charge in [0.2, 0.25) is 6.21 Å². The predicted molar refractivity (Wildman–Crippen MR) is 43.5 cm³/mol. The molecule has 0 N–H and O–H groups in total. The molecule has 0 unspecified atom stereocenters. The van der Waals surface area contributed by atoms with E-state index in [2.05, 4.69) is 0 Å². The first-order valence-corrected chi connectivity index (χ1v) is 3.73. The van der Waals surface area contributed by atoms with Crippen LogP contribution in [0.25, 0.3) is 0 Å². The third kappa shape index (κ3) is 1.53. The third-order valence-electron chi connectivity index (χ3n) is 1.62. The zero-order chi connectivity index (χ0) is 8.48. The first-order valence-electron chi connectivity index (χ1n) is 3.73. The van der Waals surface area contributed by atoms with E-state index in [4.69, 9.17) is 4.74 Å². The van der Waals surface area contributed by atoms with Crippen LogP contribution in [0.1, 0.15) is 20.8 Å². The van der Waals surface area contributed by atoms with Gasteiger partial charge in [0, 0.05) is 19.9 Å². The van der Waals surface area contributed by atoms with Gasteiger partial charge in [-0.15, -0.1) is 0 Å². The van der Waals surface area contributed by atoms with Gasteiger partial charge >= 0.3 is 0 Å². The van der Waals surface area contributed by atoms with Crippen LogP contribution < -0.4 is 0 Å². The highest BCUT2D eigenvalue weighted by Gasteiger charge is 2.30. The minimum Gasteiger partial charge on any atom is -0.623 e. The average molecular weight is 155 g/mol. The van der Waals surface area contributed by atoms with Gasteiger partial charge in [0.25, 0.3) is 0 Å². The van der Waals surface area contributed by atoms with Gasteiger partial charge in [-0.1, -0.05) is 0 Å². The van der Waals surface area contributed by atoms with E-state index in [-0.39, 0.29) is 0 Å². The Kier molecular flexibility index (Phi) is 1.89. The fraction of sp³-hybridized carbons (Fsp3) is 0.625. The highest BCUT2D eigenvalue weighted by molar-refractivity contribution is 5.74. The van der Waals surface area contributed by atoms with Crippen molar-refractivity contribution in [3.63, 3.8) is 0 Å². The molecule has 0 atom stereocenters. The van der Waals surface area contributed by atoms with Crippen LogP contribution in [0, 0.1) is 5.21 Å². The molecule has 1 aliphatic heterocycles. The Balaban J connectivity index is 2.74. The van der Waals surface area contributed by atoms with Gasteiger partial charge in [0.1, 0.15) is 0 Å². The van der Waals surface area contributed by atoms with Crippen LogP contribution in [0.2, 0.25) is 0 Å². The second-order valence-electron chi connectivity index (χ2n) is 3.09. The molecule has 0 aliphatic carbocycles. The maximum absolute atomic E-state index is 11.1. The number of rotatable bonds is 2. The van der Waals surface area contributed by atoms with E-state index in [1.165, 1.54) is 6.21 Å². The predicted octanol–water partition coefficient (Wildman–Crippen LogP) is 1.28. The molecule has 0 aromatic carbocycles. The molecule has 0 amide bonds. The molecule has 3 nitrogen and oxygen atoms in total. The Morgan fingerprint density at radius 1 is 1.64 bits per heavy atom. The third-order valence-corrected chi connectivity index (χ3v) is 1.62. The monoisotopic (exact) mass is 155 g/mol. The Labute approximate surface area is 66.6 Å². The van der Waals surface area contributed by atoms with Crippen LogP contribution in [0.5, 0.6) is 0 Å². The molecule has 0 radical (unpaired) electrons. The number of allylic oxidation sites excluding steroid dienone is 1. The van der Waals surface area contributed by atoms with Crippen molar-refractivity contribution in [1.29, 1.82) is 0 Å². The van der Waals surface area contributed by atoms with E-state index < -0.39 is 5.54 Å². The summed E-state index contributed by atoms with van der Waals surface area (Å²) in [6.07, 6.45) is 3.30. The summed E-state index contributed by atoms with van der Waals surface area (Å²) < 4.78 is 6.07. The number of ether oxygens (including phenoxy) is 1. The fourth-order valence-corrected chi connectivity index (χ4v) is 0.977. The summed E-state index contributed by atoms with van der Waals surface area (Å²) >= 11 is 0. The van der Waals surface area contributed by atoms with Gasteiger partial charge < -0.3 is 9.94 Å². The molecule has 1 rings (SSSR count). The van der Waals surface area contributed by atoms with Gasteiger partial charge in [-0.05, 0) is 6.92 Å². The number of hydrogen-bond acceptors (Lipinski definition) is 2. The number of hydroxylamine groups is 1. The summed E-state index contributed by atoms with van der Waals surface area (Å²) in [6.45, 7) is 6.20. The molecule has 0 saturated carbocycles. The first-order chi connectivity index (χ1) is 5.06. The maximum atomic E-state index is 11.1. The lowest BCUT2D eigenvalue weighted by atomic mass is 10.1. The molecule has 0 bridgehead atoms. The van der Waals surface area contributed by atoms with Gasteiger partial charge in [-0.25, -0.2) is 0 Å². The number of hydrogen-bond donors (Lipinski definition) is 0. The lowest BCUT2D eigenvalue weighted by Gasteiger charge is -2.14. The standard InChI is InChI=1S/C8H13NO2/c1-4-11-7-5-8(2,3)9(10)6-7/h5-6H,4H2,1-3H3. The van der Waals surface area contributed by atoms with Crippen LogP contribution in [0.15, 0.2) is 11.8 Å². The Morgan fingerprint density at radius 2 is 2.27 bits per heavy atom. The van der Waals surface area contributed by atoms with Gasteiger partial charge in [0.05, 0.1) is 6.61 Å². The number of nitrogens with zero attached hydrogens (tertiary/aromatic N) is 1. The summed E-state index contributed by atoms with van der Waals surface area (Å²) in [5.41, 5.74) is -0.440. The van der Waals surface area contributed by atoms with Crippen molar-refractivity contribution in [3.8, 4) is 0 Å². The molecule has 0 spiro atoms. The van der Waals surface area contributed by atoms with Gasteiger partial charge in [0.15, 0.2) is 11.3 Å². The average Bonchev–Trinajstić information content (AvgIpc) is 2.08. The lowest BCUT2D eigenvalue weighted by molar-refractivity contribution is -0.516. The Morgan fingerprint density at radius 3 is 2.64 bits per heavy atom. The molecule has 3 heteroatoms. The summed E-state index contributed by atoms with van der Waals surface area (Å²) in [5, 5.41) is 11.1. The van der Waals surface area contributed by atoms with E-state index in [0.29, 0.717) is 12.4 Å². The van der Waals surface area contributed by atoms with Crippen molar-refractivity contribution in [2.24, 2.45) is 0 Å². The normalized spacial score (nSPS) is 21.0. The van der Waals surface area contributed by atoms with E-state index in [0.717, 1.165) is 4.74 Å². The Bertz CT molecular complexity index is 216. The largest absolute Gasteiger partial charge is 0.623 e. The van der Waals surface area contributed by atoms with Gasteiger partial charge in [-0.3, -0.25) is 0 Å². The van der Waals surface area contributed by atoms with E-state index >= 15 is 0 Å². The molecule has 0 aromatic heterocycles. The lowest BCUT2D eigenvalue weighted by Crippen LogP contribution is -2.26. The smallest absolute Gasteiger partial charge is 0.217 e. The van der Waals surface area contributed by atoms with E-state index in [1.807, 2.05) is 26.8 Å². The highest BCUT2D eigenvalue weighted by Crippen LogP contribution is 2.18. The van der Waals surface area contributed by atoms with Crippen molar-refractivity contribution in [1.82, 2.24) is 0 Å². The van der Waals surface area contributed by atoms with Crippen molar-refractivity contribution >= 4 is 6.21 Å². The molecule has 0 fully saturated rings. The first kappa shape index (κ1) is 8.11. The minimum absolute atomic E-state index is 0.440. The van der Waals surface area contributed by atoms with Crippen LogP contribution in [-0.4, -0.2) is 23.1 Å². The molecule has 11 heavy (non-hydrogen) atoms. The zero-order valence-electron chi connectivity index (χ0n) is 7.13. The van der Waals surface area contributed by atoms with Crippen molar-refractivity contribution in [2.75, 3.05) is 6.61 Å². The quantitative estimate of drug-likeness (QED) is 0.445. The topological polar surface area (TPSA) is 35.3 Å². The summed E-state index contributed by atoms with van der Waals surface area (Å²) in [4.78, 5) is 0.